The molecule has 0 radical (unpaired) electrons. The number of H-pyrrole nitrogens is 1. The third-order valence-electron chi connectivity index (χ3n) is 4.95. The van der Waals surface area contributed by atoms with Gasteiger partial charge in [0.25, 0.3) is 0 Å². The molecule has 2 aromatic carbocycles. The van der Waals surface area contributed by atoms with Crippen LogP contribution in [0.5, 0.6) is 0 Å². The number of rotatable bonds is 7. The third kappa shape index (κ3) is 4.17. The topological polar surface area (TPSA) is 123 Å². The van der Waals surface area contributed by atoms with Gasteiger partial charge in [-0.05, 0) is 50.6 Å². The maximum atomic E-state index is 12.6. The molecule has 9 nitrogen and oxygen atoms in total. The Morgan fingerprint density at radius 1 is 1.19 bits per heavy atom. The summed E-state index contributed by atoms with van der Waals surface area (Å²) in [5.74, 6) is 0.449. The second kappa shape index (κ2) is 8.12. The van der Waals surface area contributed by atoms with Crippen LogP contribution in [-0.4, -0.2) is 28.1 Å². The lowest BCUT2D eigenvalue weighted by Gasteiger charge is -2.10. The summed E-state index contributed by atoms with van der Waals surface area (Å²) in [5, 5.41) is 3.97. The fraction of sp³-hybridized carbons (Fsp3) is 0.286. The van der Waals surface area contributed by atoms with Crippen molar-refractivity contribution in [3.8, 4) is 11.4 Å². The number of fused-ring (bicyclic) bond motifs is 1. The molecule has 2 N–H and O–H groups in total. The number of nitrogens with one attached hydrogen (secondary N) is 2. The van der Waals surface area contributed by atoms with E-state index in [1.54, 1.807) is 47.9 Å². The van der Waals surface area contributed by atoms with E-state index in [1.165, 1.54) is 0 Å². The average molecular weight is 442 g/mol. The quantitative estimate of drug-likeness (QED) is 0.454. The summed E-state index contributed by atoms with van der Waals surface area (Å²) in [6, 6.07) is 11.3. The van der Waals surface area contributed by atoms with E-state index in [2.05, 4.69) is 19.8 Å². The first-order chi connectivity index (χ1) is 14.8. The van der Waals surface area contributed by atoms with Crippen molar-refractivity contribution in [3.63, 3.8) is 0 Å². The number of aromatic nitrogens is 4. The monoisotopic (exact) mass is 441 g/mol. The van der Waals surface area contributed by atoms with E-state index in [4.69, 9.17) is 4.52 Å². The Bertz CT molecular complexity index is 1380. The first-order valence-corrected chi connectivity index (χ1v) is 11.4. The van der Waals surface area contributed by atoms with Crippen LogP contribution in [0.4, 0.5) is 0 Å². The highest BCUT2D eigenvalue weighted by molar-refractivity contribution is 7.89. The van der Waals surface area contributed by atoms with Gasteiger partial charge < -0.3 is 9.51 Å². The summed E-state index contributed by atoms with van der Waals surface area (Å²) < 4.78 is 34.7. The summed E-state index contributed by atoms with van der Waals surface area (Å²) in [4.78, 5) is 19.5. The van der Waals surface area contributed by atoms with Crippen molar-refractivity contribution in [1.82, 2.24) is 24.4 Å². The molecule has 0 amide bonds. The molecule has 162 valence electrons. The zero-order valence-electron chi connectivity index (χ0n) is 17.4. The molecule has 0 bridgehead atoms. The van der Waals surface area contributed by atoms with Crippen LogP contribution in [0.1, 0.15) is 37.8 Å². The summed E-state index contributed by atoms with van der Waals surface area (Å²) in [7, 11) is -3.74. The molecule has 2 heterocycles. The molecule has 31 heavy (non-hydrogen) atoms. The Labute approximate surface area is 179 Å². The van der Waals surface area contributed by atoms with E-state index in [1.807, 2.05) is 19.9 Å². The van der Waals surface area contributed by atoms with E-state index in [0.29, 0.717) is 23.4 Å². The number of hydrogen-bond donors (Lipinski definition) is 2. The maximum absolute atomic E-state index is 12.6. The second-order valence-electron chi connectivity index (χ2n) is 7.43. The van der Waals surface area contributed by atoms with Crippen LogP contribution in [0.15, 0.2) is 56.7 Å². The van der Waals surface area contributed by atoms with Gasteiger partial charge in [-0.25, -0.2) is 13.2 Å². The molecule has 0 aliphatic heterocycles. The second-order valence-corrected chi connectivity index (χ2v) is 9.14. The lowest BCUT2D eigenvalue weighted by Crippen LogP contribution is -2.27. The molecule has 0 aliphatic carbocycles. The van der Waals surface area contributed by atoms with Gasteiger partial charge in [0.1, 0.15) is 0 Å². The predicted molar refractivity (Wildman–Crippen MR) is 116 cm³/mol. The average Bonchev–Trinajstić information content (AvgIpc) is 3.33. The third-order valence-corrected chi connectivity index (χ3v) is 6.51. The van der Waals surface area contributed by atoms with Crippen molar-refractivity contribution in [2.75, 3.05) is 0 Å². The van der Waals surface area contributed by atoms with E-state index < -0.39 is 16.1 Å². The van der Waals surface area contributed by atoms with Crippen LogP contribution < -0.4 is 10.4 Å². The number of aromatic amines is 1. The summed E-state index contributed by atoms with van der Waals surface area (Å²) in [5.41, 5.74) is 2.94. The van der Waals surface area contributed by atoms with Crippen molar-refractivity contribution < 1.29 is 12.9 Å². The van der Waals surface area contributed by atoms with Gasteiger partial charge in [0, 0.05) is 12.1 Å². The molecule has 1 atom stereocenters. The van der Waals surface area contributed by atoms with E-state index in [0.717, 1.165) is 17.5 Å². The SMILES string of the molecule is CCCn1c(=O)[nH]c2cc(-c3noc(C(C)NS(=O)(=O)c4ccc(C)cc4)n3)ccc21. The molecule has 0 fully saturated rings. The Morgan fingerprint density at radius 3 is 2.65 bits per heavy atom. The van der Waals surface area contributed by atoms with E-state index >= 15 is 0 Å². The summed E-state index contributed by atoms with van der Waals surface area (Å²) >= 11 is 0. The van der Waals surface area contributed by atoms with Crippen LogP contribution in [0.25, 0.3) is 22.4 Å². The van der Waals surface area contributed by atoms with Crippen LogP contribution in [0.3, 0.4) is 0 Å². The number of imidazole rings is 1. The number of aryl methyl sites for hydroxylation is 2. The minimum absolute atomic E-state index is 0.142. The van der Waals surface area contributed by atoms with Gasteiger partial charge in [0.15, 0.2) is 0 Å². The predicted octanol–water partition coefficient (Wildman–Crippen LogP) is 3.14. The standard InChI is InChI=1S/C21H23N5O4S/c1-4-11-26-18-10-7-15(12-17(18)22-21(26)27)19-23-20(30-24-19)14(3)25-31(28,29)16-8-5-13(2)6-9-16/h5-10,12,14,25H,4,11H2,1-3H3,(H,22,27). The smallest absolute Gasteiger partial charge is 0.326 e. The molecule has 4 rings (SSSR count). The van der Waals surface area contributed by atoms with Crippen LogP contribution in [-0.2, 0) is 16.6 Å². The maximum Gasteiger partial charge on any atom is 0.326 e. The number of sulfonamides is 1. The fourth-order valence-electron chi connectivity index (χ4n) is 3.35. The highest BCUT2D eigenvalue weighted by atomic mass is 32.2. The normalized spacial score (nSPS) is 13.0. The van der Waals surface area contributed by atoms with Gasteiger partial charge in [0.05, 0.1) is 22.0 Å². The molecule has 0 spiro atoms. The van der Waals surface area contributed by atoms with Gasteiger partial charge in [-0.15, -0.1) is 0 Å². The van der Waals surface area contributed by atoms with Crippen molar-refractivity contribution in [2.45, 2.75) is 44.7 Å². The molecular weight excluding hydrogens is 418 g/mol. The molecule has 0 saturated carbocycles. The van der Waals surface area contributed by atoms with E-state index in [-0.39, 0.29) is 16.5 Å². The first kappa shape index (κ1) is 21.0. The van der Waals surface area contributed by atoms with Gasteiger partial charge in [-0.3, -0.25) is 4.57 Å². The number of benzene rings is 2. The number of nitrogens with zero attached hydrogens (tertiary/aromatic N) is 3. The van der Waals surface area contributed by atoms with Gasteiger partial charge in [-0.1, -0.05) is 29.8 Å². The fourth-order valence-corrected chi connectivity index (χ4v) is 4.54. The Morgan fingerprint density at radius 2 is 1.94 bits per heavy atom. The zero-order chi connectivity index (χ0) is 22.2. The highest BCUT2D eigenvalue weighted by Gasteiger charge is 2.23. The van der Waals surface area contributed by atoms with Crippen LogP contribution >= 0.6 is 0 Å². The van der Waals surface area contributed by atoms with Gasteiger partial charge >= 0.3 is 5.69 Å². The van der Waals surface area contributed by atoms with Crippen LogP contribution in [0.2, 0.25) is 0 Å². The van der Waals surface area contributed by atoms with Crippen LogP contribution in [0, 0.1) is 6.92 Å². The largest absolute Gasteiger partial charge is 0.337 e. The minimum atomic E-state index is -3.74. The van der Waals surface area contributed by atoms with Gasteiger partial charge in [-0.2, -0.15) is 9.71 Å². The zero-order valence-corrected chi connectivity index (χ0v) is 18.2. The first-order valence-electron chi connectivity index (χ1n) is 9.94. The lowest BCUT2D eigenvalue weighted by atomic mass is 10.2. The Balaban J connectivity index is 1.57. The van der Waals surface area contributed by atoms with Crippen molar-refractivity contribution in [2.24, 2.45) is 0 Å². The van der Waals surface area contributed by atoms with Crippen molar-refractivity contribution in [1.29, 1.82) is 0 Å². The molecule has 10 heteroatoms. The molecular formula is C21H23N5O4S. The Hall–Kier alpha value is -3.24. The molecule has 4 aromatic rings. The van der Waals surface area contributed by atoms with Gasteiger partial charge in [0.2, 0.25) is 21.7 Å². The van der Waals surface area contributed by atoms with Crippen molar-refractivity contribution in [3.05, 3.63) is 64.4 Å². The Kier molecular flexibility index (Phi) is 5.50. The molecule has 0 saturated heterocycles. The molecule has 1 unspecified atom stereocenters. The molecule has 2 aromatic heterocycles. The highest BCUT2D eigenvalue weighted by Crippen LogP contribution is 2.23. The lowest BCUT2D eigenvalue weighted by molar-refractivity contribution is 0.354. The minimum Gasteiger partial charge on any atom is -0.337 e. The molecule has 0 aliphatic rings. The van der Waals surface area contributed by atoms with E-state index in [9.17, 15) is 13.2 Å². The summed E-state index contributed by atoms with van der Waals surface area (Å²) in [6.07, 6.45) is 0.846. The summed E-state index contributed by atoms with van der Waals surface area (Å²) in [6.45, 7) is 6.16. The number of hydrogen-bond acceptors (Lipinski definition) is 6. The van der Waals surface area contributed by atoms with Crippen molar-refractivity contribution >= 4 is 21.1 Å².